The first-order valence-corrected chi connectivity index (χ1v) is 27.9. The van der Waals surface area contributed by atoms with Gasteiger partial charge in [-0.05, 0) is 118 Å². The van der Waals surface area contributed by atoms with Gasteiger partial charge in [-0.1, -0.05) is 259 Å². The Hall–Kier alpha value is -10.1. The van der Waals surface area contributed by atoms with Gasteiger partial charge in [0.05, 0.1) is 0 Å². The minimum atomic E-state index is -1.44. The minimum absolute atomic E-state index is 0.561. The van der Waals surface area contributed by atoms with Crippen LogP contribution in [0.4, 0.5) is 0 Å². The molecule has 0 atom stereocenters. The van der Waals surface area contributed by atoms with Gasteiger partial charge in [-0.3, -0.25) is 9.13 Å². The highest BCUT2D eigenvalue weighted by molar-refractivity contribution is 9.10. The Morgan fingerprint density at radius 1 is 0.280 bits per heavy atom. The summed E-state index contributed by atoms with van der Waals surface area (Å²) in [6.07, 6.45) is 0. The van der Waals surface area contributed by atoms with Crippen molar-refractivity contribution in [3.8, 4) is 68.1 Å². The predicted octanol–water partition coefficient (Wildman–Crippen LogP) is 16.8. The van der Waals surface area contributed by atoms with Crippen LogP contribution in [0.5, 0.6) is 0 Å². The third-order valence-electron chi connectivity index (χ3n) is 15.3. The molecule has 0 aliphatic carbocycles. The smallest absolute Gasteiger partial charge is 0.423 e. The summed E-state index contributed by atoms with van der Waals surface area (Å²) in [5, 5.41) is 51.7. The van der Waals surface area contributed by atoms with Crippen LogP contribution in [0.2, 0.25) is 0 Å². The topological polar surface area (TPSA) is 102 Å². The van der Waals surface area contributed by atoms with E-state index in [-0.39, 0.29) is 0 Å². The van der Waals surface area contributed by atoms with Crippen molar-refractivity contribution in [2.45, 2.75) is 0 Å². The van der Waals surface area contributed by atoms with E-state index in [1.165, 1.54) is 59.6 Å². The normalized spacial score (nSPS) is 11.4. The van der Waals surface area contributed by atoms with Crippen molar-refractivity contribution in [3.05, 3.63) is 284 Å². The molecule has 0 bridgehead atoms. The zero-order valence-corrected chi connectivity index (χ0v) is 45.7. The number of rotatable bonds is 8. The first kappa shape index (κ1) is 50.1. The number of hydrogen-bond acceptors (Lipinski definition) is 6. The molecule has 0 spiro atoms. The molecule has 8 nitrogen and oxygen atoms in total. The minimum Gasteiger partial charge on any atom is -0.423 e. The lowest BCUT2D eigenvalue weighted by molar-refractivity contribution is 0.426. The second kappa shape index (κ2) is 21.5. The van der Waals surface area contributed by atoms with E-state index in [1.807, 2.05) is 133 Å². The molecule has 16 aromatic rings. The average Bonchev–Trinajstić information content (AvgIpc) is 2.89. The number of nitrogens with zero attached hydrogens (tertiary/aromatic N) is 6. The summed E-state index contributed by atoms with van der Waals surface area (Å²) in [7, 11) is -1.44. The molecule has 0 saturated carbocycles. The molecule has 0 amide bonds. The maximum atomic E-state index is 9.51. The average molecular weight is 1120 g/mol. The van der Waals surface area contributed by atoms with Crippen LogP contribution in [0.3, 0.4) is 0 Å². The molecule has 10 heteroatoms. The van der Waals surface area contributed by atoms with Crippen LogP contribution in [0, 0.1) is 0 Å². The largest absolute Gasteiger partial charge is 0.489 e. The number of aromatic nitrogens is 6. The molecular weight excluding hydrogens is 1070 g/mol. The Balaban J connectivity index is 0.000000119. The van der Waals surface area contributed by atoms with Crippen LogP contribution in [0.15, 0.2) is 284 Å². The molecule has 82 heavy (non-hydrogen) atoms. The van der Waals surface area contributed by atoms with Crippen molar-refractivity contribution in [3.63, 3.8) is 0 Å². The van der Waals surface area contributed by atoms with E-state index in [9.17, 15) is 10.0 Å². The van der Waals surface area contributed by atoms with Gasteiger partial charge in [0.25, 0.3) is 0 Å². The molecule has 0 unspecified atom stereocenters. The summed E-state index contributed by atoms with van der Waals surface area (Å²) < 4.78 is 5.29. The summed E-state index contributed by atoms with van der Waals surface area (Å²) in [5.41, 5.74) is 9.18. The third kappa shape index (κ3) is 9.20. The number of benzene rings is 14. The van der Waals surface area contributed by atoms with Gasteiger partial charge in [0.1, 0.15) is 0 Å². The Morgan fingerprint density at radius 2 is 0.610 bits per heavy atom. The van der Waals surface area contributed by atoms with E-state index in [4.69, 9.17) is 0 Å². The highest BCUT2D eigenvalue weighted by Gasteiger charge is 2.21. The van der Waals surface area contributed by atoms with Gasteiger partial charge in [-0.25, -0.2) is 0 Å². The third-order valence-corrected chi connectivity index (χ3v) is 15.9. The highest BCUT2D eigenvalue weighted by atomic mass is 79.9. The van der Waals surface area contributed by atoms with Crippen LogP contribution in [-0.2, 0) is 0 Å². The summed E-state index contributed by atoms with van der Waals surface area (Å²) in [6.45, 7) is 0. The fourth-order valence-corrected chi connectivity index (χ4v) is 11.8. The van der Waals surface area contributed by atoms with E-state index in [2.05, 4.69) is 185 Å². The van der Waals surface area contributed by atoms with Crippen molar-refractivity contribution in [2.24, 2.45) is 0 Å². The molecule has 0 radical (unpaired) electrons. The molecule has 0 fully saturated rings. The monoisotopic (exact) mass is 1120 g/mol. The summed E-state index contributed by atoms with van der Waals surface area (Å²) in [5.74, 6) is 3.31. The number of halogens is 1. The van der Waals surface area contributed by atoms with Crippen molar-refractivity contribution in [1.82, 2.24) is 29.5 Å². The van der Waals surface area contributed by atoms with E-state index in [0.29, 0.717) is 5.46 Å². The van der Waals surface area contributed by atoms with Crippen LogP contribution in [0.1, 0.15) is 0 Å². The predicted molar refractivity (Wildman–Crippen MR) is 341 cm³/mol. The molecule has 16 rings (SSSR count). The Morgan fingerprint density at radius 3 is 1.01 bits per heavy atom. The van der Waals surface area contributed by atoms with Crippen LogP contribution in [-0.4, -0.2) is 46.7 Å². The molecule has 0 aliphatic heterocycles. The van der Waals surface area contributed by atoms with Crippen LogP contribution >= 0.6 is 15.9 Å². The second-order valence-corrected chi connectivity index (χ2v) is 21.1. The van der Waals surface area contributed by atoms with E-state index in [0.717, 1.165) is 77.6 Å². The summed E-state index contributed by atoms with van der Waals surface area (Å²) in [6, 6.07) is 95.9. The lowest BCUT2D eigenvalue weighted by atomic mass is 9.75. The molecule has 14 aromatic carbocycles. The van der Waals surface area contributed by atoms with Gasteiger partial charge in [0, 0.05) is 38.1 Å². The van der Waals surface area contributed by atoms with Gasteiger partial charge < -0.3 is 10.0 Å². The SMILES string of the molecule is Brc1ccc(-n2c(-c3ccccc3)nnc2-c2ccccc2)cc1.OB(O)c1ccc2ccc3cccc4ccc1c2c34.c1ccc(-c2nnc(-c3ccccc3)n2-c2ccc(-c3ccc4ccc5cccc6ccc3c4c56)cc2)cc1. The summed E-state index contributed by atoms with van der Waals surface area (Å²) in [4.78, 5) is 0. The van der Waals surface area contributed by atoms with Crippen molar-refractivity contribution >= 4 is 93.1 Å². The summed E-state index contributed by atoms with van der Waals surface area (Å²) >= 11 is 3.50. The van der Waals surface area contributed by atoms with E-state index in [1.54, 1.807) is 6.07 Å². The van der Waals surface area contributed by atoms with Crippen LogP contribution in [0.25, 0.3) is 133 Å². The van der Waals surface area contributed by atoms with E-state index < -0.39 is 7.12 Å². The number of hydrogen-bond donors (Lipinski definition) is 2. The van der Waals surface area contributed by atoms with Crippen molar-refractivity contribution in [1.29, 1.82) is 0 Å². The first-order chi connectivity index (χ1) is 40.4. The Kier molecular flexibility index (Phi) is 13.2. The quantitative estimate of drug-likeness (QED) is 0.116. The van der Waals surface area contributed by atoms with Gasteiger partial charge in [-0.15, -0.1) is 20.4 Å². The Labute approximate surface area is 481 Å². The zero-order chi connectivity index (χ0) is 55.1. The first-order valence-electron chi connectivity index (χ1n) is 27.1. The van der Waals surface area contributed by atoms with Crippen molar-refractivity contribution in [2.75, 3.05) is 0 Å². The van der Waals surface area contributed by atoms with Gasteiger partial charge in [0.2, 0.25) is 0 Å². The fourth-order valence-electron chi connectivity index (χ4n) is 11.5. The molecular formula is C72H48BBrN6O2. The fraction of sp³-hybridized carbons (Fsp3) is 0. The van der Waals surface area contributed by atoms with Crippen LogP contribution < -0.4 is 5.46 Å². The molecule has 2 aromatic heterocycles. The highest BCUT2D eigenvalue weighted by Crippen LogP contribution is 2.40. The van der Waals surface area contributed by atoms with Gasteiger partial charge in [-0.2, -0.15) is 0 Å². The van der Waals surface area contributed by atoms with Gasteiger partial charge >= 0.3 is 7.12 Å². The lowest BCUT2D eigenvalue weighted by Gasteiger charge is -2.15. The maximum absolute atomic E-state index is 9.51. The molecule has 2 heterocycles. The van der Waals surface area contributed by atoms with E-state index >= 15 is 0 Å². The van der Waals surface area contributed by atoms with Crippen molar-refractivity contribution < 1.29 is 10.0 Å². The standard InChI is InChI=1S/C36H23N3.C20H14BrN3.C16H11BO2/c1-3-8-28(9-4-1)35-37-38-36(29-10-5-2-6-11-29)39(35)30-20-16-24(17-21-30)31-22-18-27-15-14-25-12-7-13-26-19-23-32(31)34(27)33(25)26;21-17-11-13-18(14-12-17)24-19(15-7-3-1-4-8-15)22-23-20(24)16-9-5-2-6-10-16;18-17(19)14-9-7-12-5-4-10-2-1-3-11-6-8-13(14)16(12)15(10)11/h1-23H;1-14H;1-9,18-19H. The maximum Gasteiger partial charge on any atom is 0.489 e. The molecule has 0 aliphatic rings. The van der Waals surface area contributed by atoms with Gasteiger partial charge in [0.15, 0.2) is 23.3 Å². The molecule has 388 valence electrons. The molecule has 0 saturated heterocycles. The molecule has 2 N–H and O–H groups in total. The second-order valence-electron chi connectivity index (χ2n) is 20.2. The zero-order valence-electron chi connectivity index (χ0n) is 44.1. The Bertz CT molecular complexity index is 4740. The lowest BCUT2D eigenvalue weighted by Crippen LogP contribution is -2.30.